The molecular formula is C21H23FN2O. The molecule has 1 atom stereocenters. The molecule has 1 amide bonds. The van der Waals surface area contributed by atoms with E-state index in [1.165, 1.54) is 6.07 Å². The van der Waals surface area contributed by atoms with Crippen LogP contribution in [0.25, 0.3) is 0 Å². The molecule has 0 aliphatic carbocycles. The average molecular weight is 338 g/mol. The summed E-state index contributed by atoms with van der Waals surface area (Å²) in [6, 6.07) is 15.2. The number of rotatable bonds is 4. The molecule has 4 heteroatoms. The van der Waals surface area contributed by atoms with Gasteiger partial charge in [-0.2, -0.15) is 0 Å². The number of amides is 1. The van der Waals surface area contributed by atoms with Gasteiger partial charge in [0.25, 0.3) is 5.91 Å². The van der Waals surface area contributed by atoms with Crippen molar-refractivity contribution in [3.05, 3.63) is 71.0 Å². The maximum atomic E-state index is 14.2. The van der Waals surface area contributed by atoms with Crippen molar-refractivity contribution in [2.24, 2.45) is 0 Å². The van der Waals surface area contributed by atoms with Crippen LogP contribution in [0.2, 0.25) is 0 Å². The summed E-state index contributed by atoms with van der Waals surface area (Å²) < 4.78 is 14.2. The Morgan fingerprint density at radius 1 is 1.16 bits per heavy atom. The van der Waals surface area contributed by atoms with Gasteiger partial charge in [0.15, 0.2) is 0 Å². The third-order valence-electron chi connectivity index (χ3n) is 5.78. The number of fused-ring (bicyclic) bond motifs is 2. The van der Waals surface area contributed by atoms with Crippen molar-refractivity contribution in [1.82, 2.24) is 10.6 Å². The molecule has 1 unspecified atom stereocenters. The summed E-state index contributed by atoms with van der Waals surface area (Å²) in [6.45, 7) is 1.77. The average Bonchev–Trinajstić information content (AvgIpc) is 3.22. The second-order valence-corrected chi connectivity index (χ2v) is 7.32. The van der Waals surface area contributed by atoms with E-state index in [0.29, 0.717) is 11.6 Å². The van der Waals surface area contributed by atoms with Crippen LogP contribution in [-0.2, 0) is 0 Å². The van der Waals surface area contributed by atoms with Crippen molar-refractivity contribution >= 4 is 5.91 Å². The molecule has 0 saturated carbocycles. The van der Waals surface area contributed by atoms with Crippen LogP contribution in [0.5, 0.6) is 0 Å². The van der Waals surface area contributed by atoms with Crippen molar-refractivity contribution in [3.8, 4) is 0 Å². The maximum absolute atomic E-state index is 14.2. The lowest BCUT2D eigenvalue weighted by atomic mass is 9.78. The molecule has 3 nitrogen and oxygen atoms in total. The lowest BCUT2D eigenvalue weighted by Crippen LogP contribution is -2.50. The molecule has 2 heterocycles. The van der Waals surface area contributed by atoms with Gasteiger partial charge in [-0.25, -0.2) is 4.39 Å². The Morgan fingerprint density at radius 3 is 2.48 bits per heavy atom. The molecule has 0 aromatic heterocycles. The first-order chi connectivity index (χ1) is 12.1. The number of carbonyl (C=O) groups is 1. The molecule has 130 valence electrons. The van der Waals surface area contributed by atoms with Gasteiger partial charge in [-0.05, 0) is 49.8 Å². The van der Waals surface area contributed by atoms with E-state index in [4.69, 9.17) is 0 Å². The predicted octanol–water partition coefficient (Wildman–Crippen LogP) is 3.89. The SMILES string of the molecule is Cc1cccc(F)c1C(=O)NC(c1ccccc1)C12CCC(CC1)N2. The monoisotopic (exact) mass is 338 g/mol. The van der Waals surface area contributed by atoms with Crippen LogP contribution in [0.15, 0.2) is 48.5 Å². The van der Waals surface area contributed by atoms with Crippen molar-refractivity contribution in [3.63, 3.8) is 0 Å². The van der Waals surface area contributed by atoms with Gasteiger partial charge in [0, 0.05) is 11.6 Å². The Kier molecular flexibility index (Phi) is 4.08. The lowest BCUT2D eigenvalue weighted by molar-refractivity contribution is 0.0902. The molecule has 2 bridgehead atoms. The highest BCUT2D eigenvalue weighted by Crippen LogP contribution is 2.45. The fraction of sp³-hybridized carbons (Fsp3) is 0.381. The van der Waals surface area contributed by atoms with Crippen LogP contribution in [0.4, 0.5) is 4.39 Å². The lowest BCUT2D eigenvalue weighted by Gasteiger charge is -2.36. The summed E-state index contributed by atoms with van der Waals surface area (Å²) in [5.74, 6) is -0.804. The van der Waals surface area contributed by atoms with Gasteiger partial charge >= 0.3 is 0 Å². The zero-order chi connectivity index (χ0) is 17.4. The van der Waals surface area contributed by atoms with Crippen LogP contribution < -0.4 is 10.6 Å². The zero-order valence-corrected chi connectivity index (χ0v) is 14.4. The third kappa shape index (κ3) is 2.85. The highest BCUT2D eigenvalue weighted by molar-refractivity contribution is 5.96. The highest BCUT2D eigenvalue weighted by Gasteiger charge is 2.50. The summed E-state index contributed by atoms with van der Waals surface area (Å²) in [5.41, 5.74) is 1.75. The first-order valence-electron chi connectivity index (χ1n) is 8.98. The van der Waals surface area contributed by atoms with Crippen LogP contribution in [0.3, 0.4) is 0 Å². The second kappa shape index (κ2) is 6.26. The van der Waals surface area contributed by atoms with E-state index in [9.17, 15) is 9.18 Å². The summed E-state index contributed by atoms with van der Waals surface area (Å²) in [4.78, 5) is 12.9. The first kappa shape index (κ1) is 16.3. The Hall–Kier alpha value is -2.20. The number of aryl methyl sites for hydroxylation is 1. The fourth-order valence-corrected chi connectivity index (χ4v) is 4.51. The smallest absolute Gasteiger partial charge is 0.255 e. The number of nitrogens with one attached hydrogen (secondary N) is 2. The Balaban J connectivity index is 1.69. The minimum Gasteiger partial charge on any atom is -0.343 e. The van der Waals surface area contributed by atoms with Crippen molar-refractivity contribution in [2.45, 2.75) is 50.2 Å². The molecule has 0 radical (unpaired) electrons. The van der Waals surface area contributed by atoms with Crippen LogP contribution in [0, 0.1) is 12.7 Å². The van der Waals surface area contributed by atoms with Gasteiger partial charge in [-0.1, -0.05) is 42.5 Å². The van der Waals surface area contributed by atoms with Crippen molar-refractivity contribution in [2.75, 3.05) is 0 Å². The summed E-state index contributed by atoms with van der Waals surface area (Å²) >= 11 is 0. The van der Waals surface area contributed by atoms with E-state index in [1.54, 1.807) is 19.1 Å². The number of carbonyl (C=O) groups excluding carboxylic acids is 1. The normalized spacial score (nSPS) is 25.8. The molecule has 25 heavy (non-hydrogen) atoms. The maximum Gasteiger partial charge on any atom is 0.255 e. The van der Waals surface area contributed by atoms with Crippen LogP contribution in [0.1, 0.15) is 53.2 Å². The number of hydrogen-bond acceptors (Lipinski definition) is 2. The molecule has 0 spiro atoms. The van der Waals surface area contributed by atoms with Gasteiger partial charge in [-0.3, -0.25) is 4.79 Å². The molecule has 2 fully saturated rings. The standard InChI is InChI=1S/C21H23FN2O/c1-14-6-5-9-17(22)18(14)20(25)23-19(15-7-3-2-4-8-15)21-12-10-16(24-21)11-13-21/h2-9,16,19,24H,10-13H2,1H3,(H,23,25). The van der Waals surface area contributed by atoms with E-state index < -0.39 is 5.82 Å². The van der Waals surface area contributed by atoms with Gasteiger partial charge in [0.2, 0.25) is 0 Å². The van der Waals surface area contributed by atoms with E-state index >= 15 is 0 Å². The fourth-order valence-electron chi connectivity index (χ4n) is 4.51. The van der Waals surface area contributed by atoms with Crippen LogP contribution in [-0.4, -0.2) is 17.5 Å². The Bertz CT molecular complexity index is 761. The van der Waals surface area contributed by atoms with E-state index in [1.807, 2.05) is 30.3 Å². The van der Waals surface area contributed by atoms with Gasteiger partial charge in [0.05, 0.1) is 11.6 Å². The topological polar surface area (TPSA) is 41.1 Å². The quantitative estimate of drug-likeness (QED) is 0.888. The van der Waals surface area contributed by atoms with Gasteiger partial charge < -0.3 is 10.6 Å². The molecule has 2 aliphatic rings. The Morgan fingerprint density at radius 2 is 1.88 bits per heavy atom. The summed E-state index contributed by atoms with van der Waals surface area (Å²) in [5, 5.41) is 6.87. The van der Waals surface area contributed by atoms with E-state index in [0.717, 1.165) is 31.2 Å². The predicted molar refractivity (Wildman–Crippen MR) is 95.9 cm³/mol. The highest BCUT2D eigenvalue weighted by atomic mass is 19.1. The third-order valence-corrected chi connectivity index (χ3v) is 5.78. The molecule has 2 saturated heterocycles. The minimum absolute atomic E-state index is 0.124. The molecule has 4 rings (SSSR count). The number of halogens is 1. The number of benzene rings is 2. The Labute approximate surface area is 147 Å². The number of hydrogen-bond donors (Lipinski definition) is 2. The summed E-state index contributed by atoms with van der Waals surface area (Å²) in [6.07, 6.45) is 4.34. The van der Waals surface area contributed by atoms with E-state index in [2.05, 4.69) is 10.6 Å². The van der Waals surface area contributed by atoms with Crippen molar-refractivity contribution in [1.29, 1.82) is 0 Å². The second-order valence-electron chi connectivity index (χ2n) is 7.32. The van der Waals surface area contributed by atoms with E-state index in [-0.39, 0.29) is 23.1 Å². The minimum atomic E-state index is -0.467. The molecular weight excluding hydrogens is 315 g/mol. The largest absolute Gasteiger partial charge is 0.343 e. The van der Waals surface area contributed by atoms with Crippen LogP contribution >= 0.6 is 0 Å². The molecule has 2 aromatic carbocycles. The first-order valence-corrected chi connectivity index (χ1v) is 8.98. The zero-order valence-electron chi connectivity index (χ0n) is 14.4. The van der Waals surface area contributed by atoms with Gasteiger partial charge in [0.1, 0.15) is 5.82 Å². The van der Waals surface area contributed by atoms with Gasteiger partial charge in [-0.15, -0.1) is 0 Å². The molecule has 2 aliphatic heterocycles. The summed E-state index contributed by atoms with van der Waals surface area (Å²) in [7, 11) is 0. The molecule has 2 aromatic rings. The van der Waals surface area contributed by atoms with Crippen molar-refractivity contribution < 1.29 is 9.18 Å². The molecule has 2 N–H and O–H groups in total.